The topological polar surface area (TPSA) is 214 Å². The normalized spacial score (nSPS) is 14.2. The number of carboxylic acid groups (broad SMARTS) is 1. The second kappa shape index (κ2) is 15.7. The fourth-order valence-electron chi connectivity index (χ4n) is 3.38. The summed E-state index contributed by atoms with van der Waals surface area (Å²) in [4.78, 5) is 61.5. The zero-order valence-corrected chi connectivity index (χ0v) is 22.0. The highest BCUT2D eigenvalue weighted by Crippen LogP contribution is 2.13. The number of hydrogen-bond acceptors (Lipinski definition) is 8. The number of primary amides is 1. The summed E-state index contributed by atoms with van der Waals surface area (Å²) in [6, 6.07) is 1.41. The highest BCUT2D eigenvalue weighted by molar-refractivity contribution is 7.98. The molecular weight excluding hydrogens is 502 g/mol. The standard InChI is InChI=1S/C24H37N5O7S/c1-13(2)10-17(22(33)29-19(24(35)36)12-20(26)31)28-23(34)18(11-14-4-6-15(30)7-5-14)27-21(32)16(25)8-9-37-3/h4-7,13,16-19,30H,8-12,25H2,1-3H3,(H2,26,31)(H,27,32)(H,28,34)(H,29,33)(H,35,36). The van der Waals surface area contributed by atoms with Gasteiger partial charge in [-0.2, -0.15) is 11.8 Å². The zero-order valence-electron chi connectivity index (χ0n) is 21.2. The van der Waals surface area contributed by atoms with Gasteiger partial charge in [0.15, 0.2) is 0 Å². The van der Waals surface area contributed by atoms with Crippen LogP contribution in [-0.4, -0.2) is 76.0 Å². The molecule has 0 aliphatic rings. The molecule has 0 aromatic heterocycles. The number of carbonyl (C=O) groups excluding carboxylic acids is 4. The van der Waals surface area contributed by atoms with Gasteiger partial charge in [0, 0.05) is 6.42 Å². The van der Waals surface area contributed by atoms with E-state index in [1.807, 2.05) is 20.1 Å². The minimum atomic E-state index is -1.56. The van der Waals surface area contributed by atoms with Crippen LogP contribution in [0, 0.1) is 5.92 Å². The molecule has 206 valence electrons. The van der Waals surface area contributed by atoms with E-state index in [4.69, 9.17) is 11.5 Å². The molecule has 4 atom stereocenters. The molecule has 13 heteroatoms. The molecule has 0 bridgehead atoms. The van der Waals surface area contributed by atoms with E-state index in [9.17, 15) is 34.2 Å². The molecule has 1 aromatic rings. The van der Waals surface area contributed by atoms with Crippen molar-refractivity contribution in [2.24, 2.45) is 17.4 Å². The monoisotopic (exact) mass is 539 g/mol. The van der Waals surface area contributed by atoms with Crippen LogP contribution in [-0.2, 0) is 30.4 Å². The first kappa shape index (κ1) is 31.7. The summed E-state index contributed by atoms with van der Waals surface area (Å²) in [5.41, 5.74) is 11.7. The quantitative estimate of drug-likeness (QED) is 0.144. The smallest absolute Gasteiger partial charge is 0.326 e. The van der Waals surface area contributed by atoms with Crippen LogP contribution in [0.15, 0.2) is 24.3 Å². The van der Waals surface area contributed by atoms with Gasteiger partial charge in [-0.05, 0) is 48.5 Å². The summed E-state index contributed by atoms with van der Waals surface area (Å²) in [5, 5.41) is 26.3. The Bertz CT molecular complexity index is 942. The van der Waals surface area contributed by atoms with E-state index in [0.29, 0.717) is 17.7 Å². The molecule has 0 saturated heterocycles. The van der Waals surface area contributed by atoms with Gasteiger partial charge in [0.05, 0.1) is 12.5 Å². The lowest BCUT2D eigenvalue weighted by molar-refractivity contribution is -0.143. The first-order valence-electron chi connectivity index (χ1n) is 11.8. The number of phenols is 1. The van der Waals surface area contributed by atoms with Crippen molar-refractivity contribution in [1.29, 1.82) is 0 Å². The van der Waals surface area contributed by atoms with Crippen LogP contribution in [0.1, 0.15) is 38.7 Å². The van der Waals surface area contributed by atoms with E-state index in [1.165, 1.54) is 23.9 Å². The molecular formula is C24H37N5O7S. The van der Waals surface area contributed by atoms with Gasteiger partial charge in [-0.3, -0.25) is 19.2 Å². The number of phenolic OH excluding ortho intramolecular Hbond substituents is 1. The maximum absolute atomic E-state index is 13.3. The Morgan fingerprint density at radius 2 is 1.46 bits per heavy atom. The molecule has 4 unspecified atom stereocenters. The van der Waals surface area contributed by atoms with E-state index in [-0.39, 0.29) is 24.5 Å². The number of carbonyl (C=O) groups is 5. The van der Waals surface area contributed by atoms with Crippen LogP contribution >= 0.6 is 11.8 Å². The van der Waals surface area contributed by atoms with Crippen molar-refractivity contribution in [3.63, 3.8) is 0 Å². The molecule has 0 aliphatic carbocycles. The number of aromatic hydroxyl groups is 1. The minimum absolute atomic E-state index is 0.0329. The van der Waals surface area contributed by atoms with Crippen LogP contribution in [0.2, 0.25) is 0 Å². The number of amides is 4. The SMILES string of the molecule is CSCCC(N)C(=O)NC(Cc1ccc(O)cc1)C(=O)NC(CC(C)C)C(=O)NC(CC(N)=O)C(=O)O. The molecule has 1 rings (SSSR count). The van der Waals surface area contributed by atoms with Gasteiger partial charge < -0.3 is 37.6 Å². The summed E-state index contributed by atoms with van der Waals surface area (Å²) in [5.74, 6) is -3.76. The molecule has 0 saturated carbocycles. The summed E-state index contributed by atoms with van der Waals surface area (Å²) < 4.78 is 0. The minimum Gasteiger partial charge on any atom is -0.508 e. The first-order valence-corrected chi connectivity index (χ1v) is 13.2. The lowest BCUT2D eigenvalue weighted by Crippen LogP contribution is -2.58. The van der Waals surface area contributed by atoms with Crippen molar-refractivity contribution >= 4 is 41.4 Å². The van der Waals surface area contributed by atoms with Gasteiger partial charge in [0.1, 0.15) is 23.9 Å². The van der Waals surface area contributed by atoms with Crippen molar-refractivity contribution < 1.29 is 34.2 Å². The lowest BCUT2D eigenvalue weighted by atomic mass is 10.00. The van der Waals surface area contributed by atoms with Gasteiger partial charge in [0.25, 0.3) is 0 Å². The predicted molar refractivity (Wildman–Crippen MR) is 139 cm³/mol. The molecule has 0 aliphatic heterocycles. The van der Waals surface area contributed by atoms with Crippen molar-refractivity contribution in [2.75, 3.05) is 12.0 Å². The second-order valence-corrected chi connectivity index (χ2v) is 10.1. The van der Waals surface area contributed by atoms with Crippen LogP contribution in [0.5, 0.6) is 5.75 Å². The number of nitrogens with one attached hydrogen (secondary N) is 3. The van der Waals surface area contributed by atoms with Crippen LogP contribution in [0.3, 0.4) is 0 Å². The van der Waals surface area contributed by atoms with Crippen LogP contribution in [0.4, 0.5) is 0 Å². The molecule has 0 radical (unpaired) electrons. The molecule has 12 nitrogen and oxygen atoms in total. The second-order valence-electron chi connectivity index (χ2n) is 9.08. The number of rotatable bonds is 16. The summed E-state index contributed by atoms with van der Waals surface area (Å²) in [7, 11) is 0. The van der Waals surface area contributed by atoms with E-state index in [0.717, 1.165) is 0 Å². The Hall–Kier alpha value is -3.32. The number of thioether (sulfide) groups is 1. The summed E-state index contributed by atoms with van der Waals surface area (Å²) >= 11 is 1.53. The summed E-state index contributed by atoms with van der Waals surface area (Å²) in [6.07, 6.45) is 1.87. The highest BCUT2D eigenvalue weighted by Gasteiger charge is 2.31. The number of carboxylic acids is 1. The van der Waals surface area contributed by atoms with E-state index >= 15 is 0 Å². The zero-order chi connectivity index (χ0) is 28.1. The Morgan fingerprint density at radius 3 is 1.97 bits per heavy atom. The predicted octanol–water partition coefficient (Wildman–Crippen LogP) is -0.524. The average Bonchev–Trinajstić information content (AvgIpc) is 2.81. The van der Waals surface area contributed by atoms with Crippen molar-refractivity contribution in [3.8, 4) is 5.75 Å². The lowest BCUT2D eigenvalue weighted by Gasteiger charge is -2.26. The number of benzene rings is 1. The largest absolute Gasteiger partial charge is 0.508 e. The van der Waals surface area contributed by atoms with Gasteiger partial charge in [-0.25, -0.2) is 4.79 Å². The molecule has 1 aromatic carbocycles. The Balaban J connectivity index is 3.12. The Kier molecular flexibility index (Phi) is 13.5. The third kappa shape index (κ3) is 12.0. The average molecular weight is 540 g/mol. The van der Waals surface area contributed by atoms with Crippen molar-refractivity contribution in [2.45, 2.75) is 63.7 Å². The van der Waals surface area contributed by atoms with E-state index < -0.39 is 60.2 Å². The first-order chi connectivity index (χ1) is 17.3. The van der Waals surface area contributed by atoms with Gasteiger partial charge >= 0.3 is 5.97 Å². The third-order valence-corrected chi connectivity index (χ3v) is 5.98. The molecule has 9 N–H and O–H groups in total. The molecule has 37 heavy (non-hydrogen) atoms. The molecule has 0 fully saturated rings. The summed E-state index contributed by atoms with van der Waals surface area (Å²) in [6.45, 7) is 3.62. The van der Waals surface area contributed by atoms with E-state index in [1.54, 1.807) is 12.1 Å². The fraction of sp³-hybridized carbons (Fsp3) is 0.542. The fourth-order valence-corrected chi connectivity index (χ4v) is 3.87. The number of hydrogen-bond donors (Lipinski definition) is 7. The molecule has 0 heterocycles. The number of aliphatic carboxylic acids is 1. The van der Waals surface area contributed by atoms with Crippen LogP contribution in [0.25, 0.3) is 0 Å². The maximum Gasteiger partial charge on any atom is 0.326 e. The van der Waals surface area contributed by atoms with Crippen molar-refractivity contribution in [3.05, 3.63) is 29.8 Å². The van der Waals surface area contributed by atoms with Crippen LogP contribution < -0.4 is 27.4 Å². The Labute approximate surface area is 220 Å². The van der Waals surface area contributed by atoms with Crippen molar-refractivity contribution in [1.82, 2.24) is 16.0 Å². The van der Waals surface area contributed by atoms with Gasteiger partial charge in [0.2, 0.25) is 23.6 Å². The molecule has 4 amide bonds. The maximum atomic E-state index is 13.3. The highest BCUT2D eigenvalue weighted by atomic mass is 32.2. The van der Waals surface area contributed by atoms with Gasteiger partial charge in [-0.1, -0.05) is 26.0 Å². The third-order valence-electron chi connectivity index (χ3n) is 5.34. The molecule has 0 spiro atoms. The van der Waals surface area contributed by atoms with Gasteiger partial charge in [-0.15, -0.1) is 0 Å². The number of nitrogens with two attached hydrogens (primary N) is 2. The van der Waals surface area contributed by atoms with E-state index in [2.05, 4.69) is 16.0 Å². The Morgan fingerprint density at radius 1 is 0.919 bits per heavy atom.